The number of fused-ring (bicyclic) bond motifs is 2. The predicted octanol–water partition coefficient (Wildman–Crippen LogP) is 3.74. The molecule has 0 aromatic heterocycles. The van der Waals surface area contributed by atoms with Crippen molar-refractivity contribution in [3.05, 3.63) is 106 Å². The maximum absolute atomic E-state index is 6.16. The first-order valence-electron chi connectivity index (χ1n) is 11.8. The third-order valence-electron chi connectivity index (χ3n) is 7.07. The summed E-state index contributed by atoms with van der Waals surface area (Å²) in [6.45, 7) is 2.31. The van der Waals surface area contributed by atoms with Gasteiger partial charge in [0.05, 0.1) is 0 Å². The van der Waals surface area contributed by atoms with Crippen LogP contribution in [0.2, 0.25) is 6.04 Å². The van der Waals surface area contributed by atoms with Crippen LogP contribution in [0.5, 0.6) is 0 Å². The molecule has 5 rings (SSSR count). The van der Waals surface area contributed by atoms with Crippen molar-refractivity contribution in [3.63, 3.8) is 0 Å². The maximum Gasteiger partial charge on any atom is -1.00 e. The quantitative estimate of drug-likeness (QED) is 0.204. The normalized spacial score (nSPS) is 18.2. The Balaban J connectivity index is 0.00000180. The van der Waals surface area contributed by atoms with Gasteiger partial charge in [0.15, 0.2) is 0 Å². The van der Waals surface area contributed by atoms with E-state index in [1.54, 1.807) is 30.3 Å². The summed E-state index contributed by atoms with van der Waals surface area (Å²) in [5, 5.41) is 0. The standard InChI is InChI=1S/C29H26Cl3Si.2ClH.Zr/c1-20-18-27-23(21-10-3-2-4-11-21)15-9-16-26(27)29(20)28-19-22-12-5-6-13-24(22)25(28)14-7-8-17-33(30,31)32;;;/h2-6,9-13,15-16,18-19,29H,7-8,14,17H2,1H3;2*1H;/q;;;+2/p-2. The molecular formula is C29H26Cl5SiZr. The van der Waals surface area contributed by atoms with E-state index in [4.69, 9.17) is 33.2 Å². The molecule has 2 unspecified atom stereocenters. The monoisotopic (exact) mass is 667 g/mol. The average Bonchev–Trinajstić information content (AvgIpc) is 3.29. The van der Waals surface area contributed by atoms with E-state index in [1.165, 1.54) is 44.5 Å². The summed E-state index contributed by atoms with van der Waals surface area (Å²) in [6.07, 6.45) is 5.50. The van der Waals surface area contributed by atoms with Crippen LogP contribution >= 0.6 is 33.2 Å². The fourth-order valence-electron chi connectivity index (χ4n) is 5.60. The van der Waals surface area contributed by atoms with Crippen LogP contribution in [0.25, 0.3) is 22.8 Å². The van der Waals surface area contributed by atoms with E-state index in [0.29, 0.717) is 9.54 Å². The second-order valence-electron chi connectivity index (χ2n) is 9.27. The molecule has 2 atom stereocenters. The molecule has 0 amide bonds. The zero-order valence-corrected chi connectivity index (χ0v) is 27.1. The zero-order valence-electron chi connectivity index (χ0n) is 19.9. The fraction of sp³-hybridized carbons (Fsp3) is 0.241. The van der Waals surface area contributed by atoms with Crippen molar-refractivity contribution in [2.24, 2.45) is 0 Å². The topological polar surface area (TPSA) is 0 Å². The molecule has 0 nitrogen and oxygen atoms in total. The van der Waals surface area contributed by atoms with Crippen LogP contribution in [0.15, 0.2) is 83.9 Å². The minimum Gasteiger partial charge on any atom is -1.00 e. The Hall–Kier alpha value is -0.310. The first kappa shape index (κ1) is 30.2. The number of halogens is 5. The van der Waals surface area contributed by atoms with Crippen LogP contribution in [0.3, 0.4) is 0 Å². The molecule has 0 saturated heterocycles. The van der Waals surface area contributed by atoms with E-state index in [0.717, 1.165) is 25.3 Å². The van der Waals surface area contributed by atoms with Crippen molar-refractivity contribution in [1.82, 2.24) is 0 Å². The van der Waals surface area contributed by atoms with Crippen molar-refractivity contribution < 1.29 is 49.5 Å². The summed E-state index contributed by atoms with van der Waals surface area (Å²) in [4.78, 5) is 0. The fourth-order valence-corrected chi connectivity index (χ4v) is 8.91. The van der Waals surface area contributed by atoms with Gasteiger partial charge in [0.2, 0.25) is 0 Å². The largest absolute Gasteiger partial charge is 1.00 e. The summed E-state index contributed by atoms with van der Waals surface area (Å²) < 4.78 is 0.487. The molecule has 3 aromatic carbocycles. The molecular weight excluding hydrogens is 645 g/mol. The van der Waals surface area contributed by atoms with Gasteiger partial charge >= 0.3 is 235 Å². The third kappa shape index (κ3) is 6.12. The van der Waals surface area contributed by atoms with Crippen molar-refractivity contribution in [3.8, 4) is 11.1 Å². The van der Waals surface area contributed by atoms with Crippen LogP contribution in [-0.4, -0.2) is 6.00 Å². The number of rotatable bonds is 7. The molecule has 3 aromatic rings. The first-order chi connectivity index (χ1) is 16.3. The van der Waals surface area contributed by atoms with Gasteiger partial charge in [-0.05, 0) is 0 Å². The molecule has 185 valence electrons. The summed E-state index contributed by atoms with van der Waals surface area (Å²) in [7, 11) is 0. The van der Waals surface area contributed by atoms with Crippen LogP contribution < -0.4 is 24.8 Å². The molecule has 0 spiro atoms. The minimum absolute atomic E-state index is 0. The second kappa shape index (κ2) is 12.7. The second-order valence-corrected chi connectivity index (χ2v) is 20.0. The van der Waals surface area contributed by atoms with Crippen LogP contribution in [0, 0.1) is 0 Å². The van der Waals surface area contributed by atoms with E-state index < -0.39 is 6.00 Å². The molecule has 0 bridgehead atoms. The van der Waals surface area contributed by atoms with Gasteiger partial charge in [-0.15, -0.1) is 0 Å². The van der Waals surface area contributed by atoms with Gasteiger partial charge in [-0.3, -0.25) is 0 Å². The van der Waals surface area contributed by atoms with Gasteiger partial charge in [-0.1, -0.05) is 0 Å². The summed E-state index contributed by atoms with van der Waals surface area (Å²) in [5.41, 5.74) is 12.9. The van der Waals surface area contributed by atoms with E-state index in [1.807, 2.05) is 0 Å². The number of benzene rings is 3. The Kier molecular flexibility index (Phi) is 10.7. The minimum atomic E-state index is -2.56. The average molecular weight is 671 g/mol. The molecule has 0 saturated carbocycles. The number of allylic oxidation sites excluding steroid dienone is 3. The zero-order chi connectivity index (χ0) is 23.9. The number of hydrogen-bond acceptors (Lipinski definition) is 0. The molecule has 0 aliphatic heterocycles. The van der Waals surface area contributed by atoms with Crippen molar-refractivity contribution in [1.29, 1.82) is 0 Å². The first-order valence-corrected chi connectivity index (χ1v) is 18.5. The molecule has 0 heterocycles. The molecule has 7 heteroatoms. The smallest absolute Gasteiger partial charge is 1.00 e. The maximum atomic E-state index is 6.16. The summed E-state index contributed by atoms with van der Waals surface area (Å²) in [5.74, 6) is 0.341. The van der Waals surface area contributed by atoms with Crippen molar-refractivity contribution in [2.45, 2.75) is 41.8 Å². The number of hydrogen-bond donors (Lipinski definition) is 0. The van der Waals surface area contributed by atoms with Crippen LogP contribution in [0.4, 0.5) is 0 Å². The van der Waals surface area contributed by atoms with Crippen LogP contribution in [-0.2, 0) is 24.7 Å². The van der Waals surface area contributed by atoms with Crippen LogP contribution in [0.1, 0.15) is 58.0 Å². The van der Waals surface area contributed by atoms with Crippen molar-refractivity contribution in [2.75, 3.05) is 0 Å². The van der Waals surface area contributed by atoms with Gasteiger partial charge in [0.25, 0.3) is 0 Å². The summed E-state index contributed by atoms with van der Waals surface area (Å²) >= 11 is 20.0. The van der Waals surface area contributed by atoms with Crippen molar-refractivity contribution >= 4 is 50.9 Å². The molecule has 2 aliphatic rings. The Morgan fingerprint density at radius 3 is 2.14 bits per heavy atom. The van der Waals surface area contributed by atoms with E-state index in [9.17, 15) is 0 Å². The Morgan fingerprint density at radius 2 is 1.42 bits per heavy atom. The van der Waals surface area contributed by atoms with E-state index in [-0.39, 0.29) is 24.8 Å². The van der Waals surface area contributed by atoms with E-state index >= 15 is 0 Å². The molecule has 0 N–H and O–H groups in total. The molecule has 2 aliphatic carbocycles. The Labute approximate surface area is 257 Å². The van der Waals surface area contributed by atoms with Gasteiger partial charge in [0.1, 0.15) is 0 Å². The summed E-state index contributed by atoms with van der Waals surface area (Å²) in [6, 6.07) is 24.7. The SMILES string of the molecule is CC1=Cc2c(-c3ccccc3)cccc2C1C1=C(CCCC[Si](Cl)(Cl)Cl)c2ccccc2[CH]1[Zr+2].[Cl-].[Cl-]. The van der Waals surface area contributed by atoms with Gasteiger partial charge in [-0.2, -0.15) is 0 Å². The van der Waals surface area contributed by atoms with E-state index in [2.05, 4.69) is 85.8 Å². The number of unbranched alkanes of at least 4 members (excludes halogenated alkanes) is 1. The third-order valence-corrected chi connectivity index (χ3v) is 11.2. The van der Waals surface area contributed by atoms with Gasteiger partial charge < -0.3 is 24.8 Å². The molecule has 0 fully saturated rings. The Bertz CT molecular complexity index is 1280. The predicted molar refractivity (Wildman–Crippen MR) is 146 cm³/mol. The van der Waals surface area contributed by atoms with Gasteiger partial charge in [-0.25, -0.2) is 0 Å². The Morgan fingerprint density at radius 1 is 0.778 bits per heavy atom. The van der Waals surface area contributed by atoms with Gasteiger partial charge in [0, 0.05) is 0 Å². The molecule has 0 radical (unpaired) electrons. The molecule has 36 heavy (non-hydrogen) atoms.